The Hall–Kier alpha value is -0.640. The van der Waals surface area contributed by atoms with Crippen molar-refractivity contribution in [1.82, 2.24) is 5.32 Å². The second-order valence-electron chi connectivity index (χ2n) is 3.27. The van der Waals surface area contributed by atoms with E-state index in [0.717, 1.165) is 25.1 Å². The molecule has 1 rings (SSSR count). The molecule has 0 saturated carbocycles. The van der Waals surface area contributed by atoms with Crippen LogP contribution in [0.15, 0.2) is 18.2 Å². The zero-order valence-electron chi connectivity index (χ0n) is 8.72. The van der Waals surface area contributed by atoms with Crippen LogP contribution in [0.4, 0.5) is 4.39 Å². The van der Waals surface area contributed by atoms with Crippen molar-refractivity contribution in [3.8, 4) is 0 Å². The first kappa shape index (κ1) is 12.4. The van der Waals surface area contributed by atoms with E-state index in [1.807, 2.05) is 0 Å². The highest BCUT2D eigenvalue weighted by molar-refractivity contribution is 6.30. The van der Waals surface area contributed by atoms with Crippen LogP contribution in [0.3, 0.4) is 0 Å². The maximum Gasteiger partial charge on any atom is 0.124 e. The zero-order chi connectivity index (χ0) is 11.1. The maximum absolute atomic E-state index is 12.9. The number of hydrogen-bond donors (Lipinski definition) is 1. The number of nitrogens with one attached hydrogen (secondary N) is 1. The number of benzene rings is 1. The summed E-state index contributed by atoms with van der Waals surface area (Å²) in [7, 11) is 1.66. The first-order valence-corrected chi connectivity index (χ1v) is 5.25. The Balaban J connectivity index is 2.31. The van der Waals surface area contributed by atoms with Gasteiger partial charge in [-0.05, 0) is 36.7 Å². The van der Waals surface area contributed by atoms with Gasteiger partial charge in [0.15, 0.2) is 0 Å². The van der Waals surface area contributed by atoms with Crippen molar-refractivity contribution in [3.05, 3.63) is 34.6 Å². The molecular weight excluding hydrogens is 217 g/mol. The van der Waals surface area contributed by atoms with Crippen LogP contribution < -0.4 is 5.32 Å². The second-order valence-corrected chi connectivity index (χ2v) is 3.71. The molecule has 0 aliphatic carbocycles. The Kier molecular flexibility index (Phi) is 5.61. The van der Waals surface area contributed by atoms with Gasteiger partial charge in [0.1, 0.15) is 5.82 Å². The topological polar surface area (TPSA) is 21.3 Å². The molecule has 0 aliphatic heterocycles. The number of ether oxygens (including phenoxy) is 1. The zero-order valence-corrected chi connectivity index (χ0v) is 9.48. The fraction of sp³-hybridized carbons (Fsp3) is 0.455. The standard InChI is InChI=1S/C11H15ClFNO/c1-15-5-4-14-3-2-9-6-10(12)8-11(13)7-9/h6-8,14H,2-5H2,1H3. The molecule has 0 heterocycles. The lowest BCUT2D eigenvalue weighted by Gasteiger charge is -2.04. The molecule has 84 valence electrons. The van der Waals surface area contributed by atoms with Crippen LogP contribution in [0.5, 0.6) is 0 Å². The van der Waals surface area contributed by atoms with Gasteiger partial charge >= 0.3 is 0 Å². The number of methoxy groups -OCH3 is 1. The van der Waals surface area contributed by atoms with E-state index < -0.39 is 0 Å². The average Bonchev–Trinajstić information content (AvgIpc) is 2.16. The number of rotatable bonds is 6. The van der Waals surface area contributed by atoms with Gasteiger partial charge in [-0.1, -0.05) is 11.6 Å². The molecule has 1 aromatic carbocycles. The van der Waals surface area contributed by atoms with Crippen molar-refractivity contribution in [2.45, 2.75) is 6.42 Å². The van der Waals surface area contributed by atoms with Crippen LogP contribution in [-0.4, -0.2) is 26.8 Å². The number of hydrogen-bond acceptors (Lipinski definition) is 2. The van der Waals surface area contributed by atoms with Crippen molar-refractivity contribution in [1.29, 1.82) is 0 Å². The van der Waals surface area contributed by atoms with E-state index in [9.17, 15) is 4.39 Å². The summed E-state index contributed by atoms with van der Waals surface area (Å²) in [6, 6.07) is 4.59. The highest BCUT2D eigenvalue weighted by atomic mass is 35.5. The van der Waals surface area contributed by atoms with Crippen LogP contribution in [0.25, 0.3) is 0 Å². The van der Waals surface area contributed by atoms with Crippen LogP contribution in [0.2, 0.25) is 5.02 Å². The van der Waals surface area contributed by atoms with Crippen molar-refractivity contribution in [2.75, 3.05) is 26.8 Å². The van der Waals surface area contributed by atoms with E-state index in [1.54, 1.807) is 13.2 Å². The summed E-state index contributed by atoms with van der Waals surface area (Å²) in [5.74, 6) is -0.283. The van der Waals surface area contributed by atoms with Crippen LogP contribution in [0, 0.1) is 5.82 Å². The molecule has 1 N–H and O–H groups in total. The molecular formula is C11H15ClFNO. The summed E-state index contributed by atoms with van der Waals surface area (Å²) in [5, 5.41) is 3.63. The first-order valence-electron chi connectivity index (χ1n) is 4.87. The third kappa shape index (κ3) is 5.11. The Morgan fingerprint density at radius 2 is 2.13 bits per heavy atom. The molecule has 1 aromatic rings. The van der Waals surface area contributed by atoms with Gasteiger partial charge in [0.25, 0.3) is 0 Å². The monoisotopic (exact) mass is 231 g/mol. The van der Waals surface area contributed by atoms with E-state index >= 15 is 0 Å². The molecule has 0 bridgehead atoms. The summed E-state index contributed by atoms with van der Waals surface area (Å²) in [4.78, 5) is 0. The SMILES string of the molecule is COCCNCCc1cc(F)cc(Cl)c1. The van der Waals surface area contributed by atoms with Gasteiger partial charge < -0.3 is 10.1 Å². The van der Waals surface area contributed by atoms with Gasteiger partial charge in [-0.3, -0.25) is 0 Å². The maximum atomic E-state index is 12.9. The van der Waals surface area contributed by atoms with Crippen molar-refractivity contribution in [3.63, 3.8) is 0 Å². The Labute approximate surface area is 94.4 Å². The molecule has 0 aliphatic rings. The first-order chi connectivity index (χ1) is 7.22. The van der Waals surface area contributed by atoms with Crippen molar-refractivity contribution in [2.24, 2.45) is 0 Å². The molecule has 0 saturated heterocycles. The fourth-order valence-corrected chi connectivity index (χ4v) is 1.53. The molecule has 0 unspecified atom stereocenters. The molecule has 0 amide bonds. The van der Waals surface area contributed by atoms with Gasteiger partial charge in [-0.2, -0.15) is 0 Å². The molecule has 15 heavy (non-hydrogen) atoms. The van der Waals surface area contributed by atoms with Crippen LogP contribution in [0.1, 0.15) is 5.56 Å². The third-order valence-corrected chi connectivity index (χ3v) is 2.21. The summed E-state index contributed by atoms with van der Waals surface area (Å²) in [6.07, 6.45) is 0.765. The summed E-state index contributed by atoms with van der Waals surface area (Å²) < 4.78 is 17.8. The molecule has 0 atom stereocenters. The van der Waals surface area contributed by atoms with E-state index in [-0.39, 0.29) is 5.82 Å². The average molecular weight is 232 g/mol. The predicted molar refractivity (Wildman–Crippen MR) is 59.9 cm³/mol. The molecule has 2 nitrogen and oxygen atoms in total. The molecule has 0 radical (unpaired) electrons. The van der Waals surface area contributed by atoms with Gasteiger partial charge in [-0.15, -0.1) is 0 Å². The summed E-state index contributed by atoms with van der Waals surface area (Å²) in [6.45, 7) is 2.28. The van der Waals surface area contributed by atoms with Crippen LogP contribution >= 0.6 is 11.6 Å². The smallest absolute Gasteiger partial charge is 0.124 e. The normalized spacial score (nSPS) is 10.6. The lowest BCUT2D eigenvalue weighted by atomic mass is 10.1. The van der Waals surface area contributed by atoms with Gasteiger partial charge in [0, 0.05) is 18.7 Å². The lowest BCUT2D eigenvalue weighted by Crippen LogP contribution is -2.21. The highest BCUT2D eigenvalue weighted by Crippen LogP contribution is 2.14. The van der Waals surface area contributed by atoms with Gasteiger partial charge in [-0.25, -0.2) is 4.39 Å². The third-order valence-electron chi connectivity index (χ3n) is 2.00. The van der Waals surface area contributed by atoms with E-state index in [1.165, 1.54) is 12.1 Å². The molecule has 4 heteroatoms. The van der Waals surface area contributed by atoms with Gasteiger partial charge in [0.2, 0.25) is 0 Å². The van der Waals surface area contributed by atoms with Gasteiger partial charge in [0.05, 0.1) is 6.61 Å². The minimum atomic E-state index is -0.283. The minimum absolute atomic E-state index is 0.283. The Morgan fingerprint density at radius 1 is 1.33 bits per heavy atom. The Morgan fingerprint density at radius 3 is 2.80 bits per heavy atom. The van der Waals surface area contributed by atoms with Crippen molar-refractivity contribution < 1.29 is 9.13 Å². The van der Waals surface area contributed by atoms with E-state index in [4.69, 9.17) is 16.3 Å². The molecule has 0 spiro atoms. The fourth-order valence-electron chi connectivity index (χ4n) is 1.29. The Bertz CT molecular complexity index is 286. The molecule has 0 fully saturated rings. The van der Waals surface area contributed by atoms with E-state index in [2.05, 4.69) is 5.32 Å². The minimum Gasteiger partial charge on any atom is -0.383 e. The van der Waals surface area contributed by atoms with E-state index in [0.29, 0.717) is 11.6 Å². The quantitative estimate of drug-likeness (QED) is 0.759. The lowest BCUT2D eigenvalue weighted by molar-refractivity contribution is 0.199. The highest BCUT2D eigenvalue weighted by Gasteiger charge is 1.98. The summed E-state index contributed by atoms with van der Waals surface area (Å²) in [5.41, 5.74) is 0.907. The second kappa shape index (κ2) is 6.77. The summed E-state index contributed by atoms with van der Waals surface area (Å²) >= 11 is 5.73. The molecule has 0 aromatic heterocycles. The van der Waals surface area contributed by atoms with Crippen molar-refractivity contribution >= 4 is 11.6 Å². The predicted octanol–water partition coefficient (Wildman–Crippen LogP) is 2.26. The van der Waals surface area contributed by atoms with Crippen LogP contribution in [-0.2, 0) is 11.2 Å². The largest absolute Gasteiger partial charge is 0.383 e. The number of halogens is 2.